The van der Waals surface area contributed by atoms with E-state index in [1.54, 1.807) is 20.1 Å². The van der Waals surface area contributed by atoms with Crippen LogP contribution >= 0.6 is 0 Å². The maximum Gasteiger partial charge on any atom is 0.226 e. The van der Waals surface area contributed by atoms with Gasteiger partial charge in [-0.2, -0.15) is 4.98 Å². The standard InChI is InChI=1S/C11H19N3O2/c1-7-6-9(16-5)13-10(12-7)14-11(3,4)8(2)15/h6,8,15H,1-5H3,(H,12,13,14). The highest BCUT2D eigenvalue weighted by atomic mass is 16.5. The summed E-state index contributed by atoms with van der Waals surface area (Å²) in [5, 5.41) is 12.7. The summed E-state index contributed by atoms with van der Waals surface area (Å²) in [7, 11) is 1.56. The number of hydrogen-bond acceptors (Lipinski definition) is 5. The first-order valence-corrected chi connectivity index (χ1v) is 5.21. The Balaban J connectivity index is 2.93. The molecule has 0 saturated carbocycles. The van der Waals surface area contributed by atoms with Crippen molar-refractivity contribution in [3.8, 4) is 5.88 Å². The van der Waals surface area contributed by atoms with Crippen molar-refractivity contribution in [1.29, 1.82) is 0 Å². The van der Waals surface area contributed by atoms with Crippen LogP contribution in [0.5, 0.6) is 5.88 Å². The van der Waals surface area contributed by atoms with Gasteiger partial charge in [0.05, 0.1) is 18.8 Å². The Hall–Kier alpha value is -1.36. The zero-order chi connectivity index (χ0) is 12.3. The molecule has 0 bridgehead atoms. The third-order valence-corrected chi connectivity index (χ3v) is 2.52. The number of ether oxygens (including phenoxy) is 1. The molecule has 0 fully saturated rings. The van der Waals surface area contributed by atoms with Gasteiger partial charge in [0.15, 0.2) is 0 Å². The van der Waals surface area contributed by atoms with E-state index in [9.17, 15) is 5.11 Å². The first kappa shape index (κ1) is 12.7. The average molecular weight is 225 g/mol. The molecule has 0 radical (unpaired) electrons. The molecule has 0 aliphatic heterocycles. The number of aliphatic hydroxyl groups excluding tert-OH is 1. The highest BCUT2D eigenvalue weighted by Crippen LogP contribution is 2.18. The molecule has 0 saturated heterocycles. The first-order valence-electron chi connectivity index (χ1n) is 5.21. The molecule has 16 heavy (non-hydrogen) atoms. The van der Waals surface area contributed by atoms with Crippen LogP contribution in [-0.2, 0) is 0 Å². The zero-order valence-corrected chi connectivity index (χ0v) is 10.4. The summed E-state index contributed by atoms with van der Waals surface area (Å²) in [6.07, 6.45) is -0.511. The Morgan fingerprint density at radius 3 is 2.56 bits per heavy atom. The number of aliphatic hydroxyl groups is 1. The van der Waals surface area contributed by atoms with Gasteiger partial charge in [-0.3, -0.25) is 0 Å². The molecule has 2 N–H and O–H groups in total. The minimum Gasteiger partial charge on any atom is -0.481 e. The molecule has 1 unspecified atom stereocenters. The lowest BCUT2D eigenvalue weighted by atomic mass is 9.99. The largest absolute Gasteiger partial charge is 0.481 e. The minimum absolute atomic E-state index is 0.461. The van der Waals surface area contributed by atoms with Gasteiger partial charge in [-0.05, 0) is 27.7 Å². The van der Waals surface area contributed by atoms with E-state index in [1.165, 1.54) is 0 Å². The highest BCUT2D eigenvalue weighted by molar-refractivity contribution is 5.33. The summed E-state index contributed by atoms with van der Waals surface area (Å²) >= 11 is 0. The van der Waals surface area contributed by atoms with Crippen LogP contribution in [0.2, 0.25) is 0 Å². The Morgan fingerprint density at radius 2 is 2.06 bits per heavy atom. The molecule has 1 rings (SSSR count). The van der Waals surface area contributed by atoms with Gasteiger partial charge in [0, 0.05) is 11.8 Å². The summed E-state index contributed by atoms with van der Waals surface area (Å²) in [4.78, 5) is 8.40. The quantitative estimate of drug-likeness (QED) is 0.810. The summed E-state index contributed by atoms with van der Waals surface area (Å²) < 4.78 is 5.06. The van der Waals surface area contributed by atoms with Crippen molar-refractivity contribution >= 4 is 5.95 Å². The van der Waals surface area contributed by atoms with E-state index in [4.69, 9.17) is 4.74 Å². The Bertz CT molecular complexity index is 364. The number of nitrogens with one attached hydrogen (secondary N) is 1. The molecule has 0 aromatic carbocycles. The van der Waals surface area contributed by atoms with Crippen LogP contribution in [-0.4, -0.2) is 33.8 Å². The summed E-state index contributed by atoms with van der Waals surface area (Å²) in [6.45, 7) is 7.36. The molecule has 0 aliphatic carbocycles. The molecule has 1 aromatic heterocycles. The first-order chi connectivity index (χ1) is 7.35. The van der Waals surface area contributed by atoms with E-state index < -0.39 is 11.6 Å². The summed E-state index contributed by atoms with van der Waals surface area (Å²) in [6, 6.07) is 1.75. The maximum absolute atomic E-state index is 9.59. The zero-order valence-electron chi connectivity index (χ0n) is 10.4. The SMILES string of the molecule is COc1cc(C)nc(NC(C)(C)C(C)O)n1. The van der Waals surface area contributed by atoms with Gasteiger partial charge in [-0.1, -0.05) is 0 Å². The number of aromatic nitrogens is 2. The van der Waals surface area contributed by atoms with Crippen molar-refractivity contribution < 1.29 is 9.84 Å². The number of rotatable bonds is 4. The second kappa shape index (κ2) is 4.65. The van der Waals surface area contributed by atoms with Crippen LogP contribution < -0.4 is 10.1 Å². The third kappa shape index (κ3) is 3.06. The normalized spacial score (nSPS) is 13.4. The molecular formula is C11H19N3O2. The molecule has 0 amide bonds. The van der Waals surface area contributed by atoms with Crippen LogP contribution in [0.3, 0.4) is 0 Å². The van der Waals surface area contributed by atoms with Crippen molar-refractivity contribution in [1.82, 2.24) is 9.97 Å². The highest BCUT2D eigenvalue weighted by Gasteiger charge is 2.24. The molecule has 0 aliphatic rings. The molecular weight excluding hydrogens is 206 g/mol. The second-order valence-corrected chi connectivity index (χ2v) is 4.40. The fraction of sp³-hybridized carbons (Fsp3) is 0.636. The van der Waals surface area contributed by atoms with E-state index in [0.29, 0.717) is 11.8 Å². The minimum atomic E-state index is -0.511. The number of methoxy groups -OCH3 is 1. The predicted molar refractivity (Wildman–Crippen MR) is 62.7 cm³/mol. The lowest BCUT2D eigenvalue weighted by molar-refractivity contribution is 0.132. The topological polar surface area (TPSA) is 67.3 Å². The van der Waals surface area contributed by atoms with Crippen molar-refractivity contribution in [3.63, 3.8) is 0 Å². The Labute approximate surface area is 95.9 Å². The van der Waals surface area contributed by atoms with Crippen molar-refractivity contribution in [2.24, 2.45) is 0 Å². The molecule has 1 atom stereocenters. The molecule has 90 valence electrons. The van der Waals surface area contributed by atoms with Gasteiger partial charge < -0.3 is 15.2 Å². The van der Waals surface area contributed by atoms with Gasteiger partial charge >= 0.3 is 0 Å². The second-order valence-electron chi connectivity index (χ2n) is 4.40. The lowest BCUT2D eigenvalue weighted by Gasteiger charge is -2.29. The Kier molecular flexibility index (Phi) is 3.70. The molecule has 1 aromatic rings. The van der Waals surface area contributed by atoms with Crippen LogP contribution in [0.1, 0.15) is 26.5 Å². The van der Waals surface area contributed by atoms with E-state index in [2.05, 4.69) is 15.3 Å². The number of aryl methyl sites for hydroxylation is 1. The van der Waals surface area contributed by atoms with Gasteiger partial charge in [0.25, 0.3) is 0 Å². The van der Waals surface area contributed by atoms with E-state index in [0.717, 1.165) is 5.69 Å². The number of nitrogens with zero attached hydrogens (tertiary/aromatic N) is 2. The van der Waals surface area contributed by atoms with E-state index in [1.807, 2.05) is 20.8 Å². The Morgan fingerprint density at radius 1 is 1.44 bits per heavy atom. The van der Waals surface area contributed by atoms with E-state index >= 15 is 0 Å². The van der Waals surface area contributed by atoms with E-state index in [-0.39, 0.29) is 0 Å². The van der Waals surface area contributed by atoms with Gasteiger partial charge in [0.1, 0.15) is 0 Å². The van der Waals surface area contributed by atoms with Crippen molar-refractivity contribution in [2.45, 2.75) is 39.3 Å². The van der Waals surface area contributed by atoms with Crippen LogP contribution in [0.25, 0.3) is 0 Å². The molecule has 1 heterocycles. The monoisotopic (exact) mass is 225 g/mol. The average Bonchev–Trinajstić information content (AvgIpc) is 2.15. The third-order valence-electron chi connectivity index (χ3n) is 2.52. The van der Waals surface area contributed by atoms with Gasteiger partial charge in [-0.15, -0.1) is 0 Å². The fourth-order valence-corrected chi connectivity index (χ4v) is 1.09. The van der Waals surface area contributed by atoms with Crippen LogP contribution in [0.15, 0.2) is 6.07 Å². The summed E-state index contributed by atoms with van der Waals surface area (Å²) in [5.74, 6) is 0.971. The summed E-state index contributed by atoms with van der Waals surface area (Å²) in [5.41, 5.74) is 0.328. The smallest absolute Gasteiger partial charge is 0.226 e. The predicted octanol–water partition coefficient (Wildman–Crippen LogP) is 1.36. The van der Waals surface area contributed by atoms with Crippen LogP contribution in [0.4, 0.5) is 5.95 Å². The fourth-order valence-electron chi connectivity index (χ4n) is 1.09. The number of anilines is 1. The van der Waals surface area contributed by atoms with Crippen molar-refractivity contribution in [2.75, 3.05) is 12.4 Å². The molecule has 5 nitrogen and oxygen atoms in total. The molecule has 0 spiro atoms. The molecule has 5 heteroatoms. The van der Waals surface area contributed by atoms with Gasteiger partial charge in [0.2, 0.25) is 11.8 Å². The van der Waals surface area contributed by atoms with Crippen LogP contribution in [0, 0.1) is 6.92 Å². The number of hydrogen-bond donors (Lipinski definition) is 2. The maximum atomic E-state index is 9.59. The van der Waals surface area contributed by atoms with Crippen molar-refractivity contribution in [3.05, 3.63) is 11.8 Å². The lowest BCUT2D eigenvalue weighted by Crippen LogP contribution is -2.42. The van der Waals surface area contributed by atoms with Gasteiger partial charge in [-0.25, -0.2) is 4.98 Å².